The Morgan fingerprint density at radius 1 is 1.33 bits per heavy atom. The van der Waals surface area contributed by atoms with Gasteiger partial charge in [-0.25, -0.2) is 0 Å². The maximum Gasteiger partial charge on any atom is 0.143 e. The fourth-order valence-electron chi connectivity index (χ4n) is 1.34. The van der Waals surface area contributed by atoms with Crippen molar-refractivity contribution in [3.63, 3.8) is 0 Å². The summed E-state index contributed by atoms with van der Waals surface area (Å²) in [6, 6.07) is 0. The Balaban J connectivity index is 3.19. The van der Waals surface area contributed by atoms with E-state index in [2.05, 4.69) is 25.9 Å². The van der Waals surface area contributed by atoms with Gasteiger partial charge in [0.1, 0.15) is 10.8 Å². The van der Waals surface area contributed by atoms with Gasteiger partial charge in [0.15, 0.2) is 0 Å². The average Bonchev–Trinajstić information content (AvgIpc) is 2.29. The number of nitrogens with zero attached hydrogens (tertiary/aromatic N) is 1. The van der Waals surface area contributed by atoms with Crippen LogP contribution < -0.4 is 0 Å². The van der Waals surface area contributed by atoms with Crippen LogP contribution in [0, 0.1) is 6.92 Å². The van der Waals surface area contributed by atoms with Crippen molar-refractivity contribution < 1.29 is 4.52 Å². The van der Waals surface area contributed by atoms with Gasteiger partial charge >= 0.3 is 0 Å². The third-order valence-electron chi connectivity index (χ3n) is 1.77. The van der Waals surface area contributed by atoms with E-state index >= 15 is 0 Å². The summed E-state index contributed by atoms with van der Waals surface area (Å²) >= 11 is 1.64. The minimum atomic E-state index is 0.127. The number of rotatable bonds is 1. The zero-order valence-electron chi connectivity index (χ0n) is 8.26. The van der Waals surface area contributed by atoms with E-state index in [1.165, 1.54) is 5.56 Å². The van der Waals surface area contributed by atoms with Crippen LogP contribution in [-0.2, 0) is 5.41 Å². The summed E-state index contributed by atoms with van der Waals surface area (Å²) in [5, 5.41) is 5.00. The van der Waals surface area contributed by atoms with E-state index in [0.29, 0.717) is 0 Å². The molecular formula is C9H15NOS. The third kappa shape index (κ3) is 1.66. The molecule has 12 heavy (non-hydrogen) atoms. The lowest BCUT2D eigenvalue weighted by molar-refractivity contribution is 0.382. The fourth-order valence-corrected chi connectivity index (χ4v) is 2.11. The molecule has 1 heterocycles. The Morgan fingerprint density at radius 2 is 1.92 bits per heavy atom. The van der Waals surface area contributed by atoms with Gasteiger partial charge in [-0.1, -0.05) is 25.9 Å². The lowest BCUT2D eigenvalue weighted by Crippen LogP contribution is -2.12. The molecule has 0 N–H and O–H groups in total. The summed E-state index contributed by atoms with van der Waals surface area (Å²) in [6.45, 7) is 8.48. The summed E-state index contributed by atoms with van der Waals surface area (Å²) in [5.41, 5.74) is 1.36. The molecule has 0 amide bonds. The maximum atomic E-state index is 5.14. The minimum Gasteiger partial charge on any atom is -0.360 e. The van der Waals surface area contributed by atoms with E-state index in [1.54, 1.807) is 11.8 Å². The van der Waals surface area contributed by atoms with E-state index < -0.39 is 0 Å². The van der Waals surface area contributed by atoms with Crippen LogP contribution in [0.15, 0.2) is 9.55 Å². The first-order valence-corrected chi connectivity index (χ1v) is 5.20. The maximum absolute atomic E-state index is 5.14. The number of hydrogen-bond donors (Lipinski definition) is 0. The highest BCUT2D eigenvalue weighted by Gasteiger charge is 2.24. The molecule has 0 fully saturated rings. The van der Waals surface area contributed by atoms with Gasteiger partial charge in [-0.2, -0.15) is 0 Å². The SMILES string of the molecule is CSc1noc(C)c1C(C)(C)C. The molecule has 1 rings (SSSR count). The molecule has 3 heteroatoms. The number of thioether (sulfide) groups is 1. The third-order valence-corrected chi connectivity index (χ3v) is 2.44. The number of aryl methyl sites for hydroxylation is 1. The van der Waals surface area contributed by atoms with E-state index in [0.717, 1.165) is 10.8 Å². The molecule has 0 saturated heterocycles. The van der Waals surface area contributed by atoms with Gasteiger partial charge in [-0.15, -0.1) is 11.8 Å². The first-order valence-electron chi connectivity index (χ1n) is 3.97. The van der Waals surface area contributed by atoms with Crippen molar-refractivity contribution in [3.8, 4) is 0 Å². The number of hydrogen-bond acceptors (Lipinski definition) is 3. The highest BCUT2D eigenvalue weighted by atomic mass is 32.2. The molecule has 0 aliphatic carbocycles. The quantitative estimate of drug-likeness (QED) is 0.629. The van der Waals surface area contributed by atoms with E-state index in [-0.39, 0.29) is 5.41 Å². The molecule has 0 aromatic carbocycles. The summed E-state index contributed by atoms with van der Waals surface area (Å²) in [5.74, 6) is 0.937. The van der Waals surface area contributed by atoms with Gasteiger partial charge in [0, 0.05) is 5.56 Å². The zero-order valence-corrected chi connectivity index (χ0v) is 9.08. The lowest BCUT2D eigenvalue weighted by atomic mass is 9.88. The van der Waals surface area contributed by atoms with Crippen LogP contribution in [0.2, 0.25) is 0 Å². The fraction of sp³-hybridized carbons (Fsp3) is 0.667. The molecular weight excluding hydrogens is 170 g/mol. The Morgan fingerprint density at radius 3 is 2.25 bits per heavy atom. The molecule has 0 aliphatic rings. The van der Waals surface area contributed by atoms with E-state index in [4.69, 9.17) is 4.52 Å². The van der Waals surface area contributed by atoms with Crippen LogP contribution in [-0.4, -0.2) is 11.4 Å². The van der Waals surface area contributed by atoms with Crippen molar-refractivity contribution in [1.82, 2.24) is 5.16 Å². The van der Waals surface area contributed by atoms with Crippen molar-refractivity contribution in [2.24, 2.45) is 0 Å². The van der Waals surface area contributed by atoms with Crippen molar-refractivity contribution in [1.29, 1.82) is 0 Å². The van der Waals surface area contributed by atoms with Gasteiger partial charge in [0.05, 0.1) is 0 Å². The molecule has 1 aromatic rings. The molecule has 0 saturated carbocycles. The lowest BCUT2D eigenvalue weighted by Gasteiger charge is -2.17. The Labute approximate surface area is 77.7 Å². The highest BCUT2D eigenvalue weighted by molar-refractivity contribution is 7.98. The van der Waals surface area contributed by atoms with E-state index in [1.807, 2.05) is 13.2 Å². The Hall–Kier alpha value is -0.440. The summed E-state index contributed by atoms with van der Waals surface area (Å²) in [6.07, 6.45) is 2.02. The molecule has 2 nitrogen and oxygen atoms in total. The molecule has 0 atom stereocenters. The second-order valence-corrected chi connectivity index (χ2v) is 4.67. The monoisotopic (exact) mass is 185 g/mol. The first kappa shape index (κ1) is 9.65. The van der Waals surface area contributed by atoms with Crippen LogP contribution in [0.5, 0.6) is 0 Å². The summed E-state index contributed by atoms with van der Waals surface area (Å²) in [7, 11) is 0. The largest absolute Gasteiger partial charge is 0.360 e. The second-order valence-electron chi connectivity index (χ2n) is 3.87. The van der Waals surface area contributed by atoms with Crippen LogP contribution in [0.25, 0.3) is 0 Å². The Kier molecular flexibility index (Phi) is 2.52. The van der Waals surface area contributed by atoms with E-state index in [9.17, 15) is 0 Å². The van der Waals surface area contributed by atoms with Crippen molar-refractivity contribution in [2.75, 3.05) is 6.26 Å². The predicted octanol–water partition coefficient (Wildman–Crippen LogP) is 3.00. The topological polar surface area (TPSA) is 26.0 Å². The predicted molar refractivity (Wildman–Crippen MR) is 51.7 cm³/mol. The van der Waals surface area contributed by atoms with Crippen LogP contribution >= 0.6 is 11.8 Å². The van der Waals surface area contributed by atoms with Crippen molar-refractivity contribution in [3.05, 3.63) is 11.3 Å². The van der Waals surface area contributed by atoms with Gasteiger partial charge in [-0.3, -0.25) is 0 Å². The zero-order chi connectivity index (χ0) is 9.35. The summed E-state index contributed by atoms with van der Waals surface area (Å²) in [4.78, 5) is 0. The van der Waals surface area contributed by atoms with Crippen LogP contribution in [0.1, 0.15) is 32.1 Å². The van der Waals surface area contributed by atoms with Crippen LogP contribution in [0.4, 0.5) is 0 Å². The summed E-state index contributed by atoms with van der Waals surface area (Å²) < 4.78 is 5.14. The highest BCUT2D eigenvalue weighted by Crippen LogP contribution is 2.33. The normalized spacial score (nSPS) is 12.1. The first-order chi connectivity index (χ1) is 5.46. The van der Waals surface area contributed by atoms with Gasteiger partial charge in [-0.05, 0) is 18.6 Å². The van der Waals surface area contributed by atoms with Gasteiger partial charge in [0.25, 0.3) is 0 Å². The second kappa shape index (κ2) is 3.13. The molecule has 0 aliphatic heterocycles. The smallest absolute Gasteiger partial charge is 0.143 e. The average molecular weight is 185 g/mol. The van der Waals surface area contributed by atoms with Gasteiger partial charge in [0.2, 0.25) is 0 Å². The van der Waals surface area contributed by atoms with Crippen molar-refractivity contribution >= 4 is 11.8 Å². The molecule has 0 spiro atoms. The van der Waals surface area contributed by atoms with Gasteiger partial charge < -0.3 is 4.52 Å². The molecule has 68 valence electrons. The minimum absolute atomic E-state index is 0.127. The van der Waals surface area contributed by atoms with Crippen LogP contribution in [0.3, 0.4) is 0 Å². The molecule has 0 unspecified atom stereocenters. The number of aromatic nitrogens is 1. The van der Waals surface area contributed by atoms with Crippen molar-refractivity contribution in [2.45, 2.75) is 38.1 Å². The molecule has 0 bridgehead atoms. The molecule has 0 radical (unpaired) electrons. The standard InChI is InChI=1S/C9H15NOS/c1-6-7(9(2,3)4)8(12-5)10-11-6/h1-5H3. The Bertz CT molecular complexity index is 273. The molecule has 1 aromatic heterocycles.